The number of nitrogens with zero attached hydrogens (tertiary/aromatic N) is 2. The van der Waals surface area contributed by atoms with E-state index in [1.54, 1.807) is 0 Å². The molecule has 1 atom stereocenters. The van der Waals surface area contributed by atoms with Crippen molar-refractivity contribution < 1.29 is 9.59 Å². The Morgan fingerprint density at radius 2 is 1.72 bits per heavy atom. The lowest BCUT2D eigenvalue weighted by Gasteiger charge is -2.25. The fraction of sp³-hybridized carbons (Fsp3) is 0.417. The van der Waals surface area contributed by atoms with Crippen molar-refractivity contribution in [3.63, 3.8) is 0 Å². The molecule has 1 N–H and O–H groups in total. The smallest absolute Gasteiger partial charge is 0.251 e. The first kappa shape index (κ1) is 21.1. The minimum Gasteiger partial charge on any atom is -0.350 e. The third-order valence-corrected chi connectivity index (χ3v) is 5.61. The van der Waals surface area contributed by atoms with Crippen LogP contribution >= 0.6 is 0 Å². The summed E-state index contributed by atoms with van der Waals surface area (Å²) in [5.41, 5.74) is 4.20. The molecule has 0 radical (unpaired) electrons. The summed E-state index contributed by atoms with van der Waals surface area (Å²) in [4.78, 5) is 28.4. The Kier molecular flexibility index (Phi) is 7.04. The third kappa shape index (κ3) is 5.45. The highest BCUT2D eigenvalue weighted by atomic mass is 16.2. The Bertz CT molecular complexity index is 828. The number of likely N-dealkylation sites (N-methyl/N-ethyl adjacent to an activating group) is 1. The van der Waals surface area contributed by atoms with Crippen molar-refractivity contribution in [2.24, 2.45) is 0 Å². The molecule has 5 nitrogen and oxygen atoms in total. The molecule has 2 aromatic carbocycles. The summed E-state index contributed by atoms with van der Waals surface area (Å²) in [6.07, 6.45) is 2.60. The zero-order chi connectivity index (χ0) is 20.8. The lowest BCUT2D eigenvalue weighted by atomic mass is 10.0. The molecule has 1 heterocycles. The molecule has 1 fully saturated rings. The lowest BCUT2D eigenvalue weighted by molar-refractivity contribution is -0.128. The van der Waals surface area contributed by atoms with Crippen LogP contribution in [0.25, 0.3) is 0 Å². The van der Waals surface area contributed by atoms with E-state index in [0.717, 1.165) is 24.9 Å². The molecule has 1 saturated heterocycles. The number of amides is 2. The van der Waals surface area contributed by atoms with E-state index in [0.29, 0.717) is 25.1 Å². The summed E-state index contributed by atoms with van der Waals surface area (Å²) in [7, 11) is 4.05. The van der Waals surface area contributed by atoms with Gasteiger partial charge in [-0.25, -0.2) is 0 Å². The van der Waals surface area contributed by atoms with Gasteiger partial charge in [0.2, 0.25) is 5.91 Å². The first-order valence-corrected chi connectivity index (χ1v) is 10.4. The van der Waals surface area contributed by atoms with Crippen LogP contribution in [0, 0.1) is 0 Å². The molecule has 0 saturated carbocycles. The summed E-state index contributed by atoms with van der Waals surface area (Å²) in [5, 5.41) is 3.06. The van der Waals surface area contributed by atoms with Crippen LogP contribution in [-0.2, 0) is 17.8 Å². The maximum atomic E-state index is 12.6. The maximum Gasteiger partial charge on any atom is 0.251 e. The molecule has 0 bridgehead atoms. The Balaban J connectivity index is 1.58. The molecule has 0 aromatic heterocycles. The van der Waals surface area contributed by atoms with E-state index in [1.165, 1.54) is 11.1 Å². The van der Waals surface area contributed by atoms with E-state index in [2.05, 4.69) is 41.4 Å². The van der Waals surface area contributed by atoms with Crippen molar-refractivity contribution in [3.05, 3.63) is 70.8 Å². The molecule has 0 unspecified atom stereocenters. The van der Waals surface area contributed by atoms with Gasteiger partial charge < -0.3 is 15.1 Å². The highest BCUT2D eigenvalue weighted by Crippen LogP contribution is 2.19. The molecule has 2 aromatic rings. The van der Waals surface area contributed by atoms with Crippen molar-refractivity contribution in [1.29, 1.82) is 0 Å². The second-order valence-electron chi connectivity index (χ2n) is 7.90. The van der Waals surface area contributed by atoms with Gasteiger partial charge in [-0.15, -0.1) is 0 Å². The van der Waals surface area contributed by atoms with Gasteiger partial charge in [0.05, 0.1) is 6.04 Å². The number of hydrogen-bond acceptors (Lipinski definition) is 3. The normalized spacial score (nSPS) is 15.0. The first-order valence-electron chi connectivity index (χ1n) is 10.4. The van der Waals surface area contributed by atoms with Gasteiger partial charge in [0.1, 0.15) is 0 Å². The van der Waals surface area contributed by atoms with Crippen molar-refractivity contribution in [1.82, 2.24) is 15.1 Å². The number of nitrogens with one attached hydrogen (secondary N) is 1. The van der Waals surface area contributed by atoms with Gasteiger partial charge in [0, 0.05) is 31.6 Å². The van der Waals surface area contributed by atoms with Crippen molar-refractivity contribution in [2.75, 3.05) is 27.2 Å². The number of likely N-dealkylation sites (tertiary alicyclic amines) is 1. The maximum absolute atomic E-state index is 12.6. The molecule has 0 spiro atoms. The largest absolute Gasteiger partial charge is 0.350 e. The van der Waals surface area contributed by atoms with Gasteiger partial charge in [-0.3, -0.25) is 9.59 Å². The van der Waals surface area contributed by atoms with Crippen LogP contribution in [-0.4, -0.2) is 48.8 Å². The van der Waals surface area contributed by atoms with Crippen LogP contribution < -0.4 is 5.32 Å². The van der Waals surface area contributed by atoms with Gasteiger partial charge in [-0.2, -0.15) is 0 Å². The Hall–Kier alpha value is -2.66. The first-order chi connectivity index (χ1) is 14.0. The topological polar surface area (TPSA) is 52.7 Å². The van der Waals surface area contributed by atoms with Crippen LogP contribution in [0.1, 0.15) is 52.9 Å². The highest BCUT2D eigenvalue weighted by molar-refractivity contribution is 5.94. The molecule has 5 heteroatoms. The van der Waals surface area contributed by atoms with E-state index in [1.807, 2.05) is 43.3 Å². The van der Waals surface area contributed by atoms with E-state index < -0.39 is 0 Å². The zero-order valence-corrected chi connectivity index (χ0v) is 17.6. The molecule has 29 heavy (non-hydrogen) atoms. The second-order valence-corrected chi connectivity index (χ2v) is 7.90. The van der Waals surface area contributed by atoms with Gasteiger partial charge >= 0.3 is 0 Å². The summed E-state index contributed by atoms with van der Waals surface area (Å²) >= 11 is 0. The van der Waals surface area contributed by atoms with Gasteiger partial charge in [0.15, 0.2) is 0 Å². The predicted octanol–water partition coefficient (Wildman–Crippen LogP) is 3.40. The van der Waals surface area contributed by atoms with Crippen LogP contribution in [0.5, 0.6) is 0 Å². The van der Waals surface area contributed by atoms with Crippen molar-refractivity contribution >= 4 is 11.8 Å². The summed E-state index contributed by atoms with van der Waals surface area (Å²) < 4.78 is 0. The van der Waals surface area contributed by atoms with E-state index in [4.69, 9.17) is 0 Å². The molecular weight excluding hydrogens is 362 g/mol. The number of hydrogen-bond donors (Lipinski definition) is 1. The molecule has 154 valence electrons. The molecule has 2 amide bonds. The molecule has 0 aliphatic carbocycles. The van der Waals surface area contributed by atoms with Crippen molar-refractivity contribution in [2.45, 2.75) is 38.8 Å². The summed E-state index contributed by atoms with van der Waals surface area (Å²) in [6, 6.07) is 16.3. The van der Waals surface area contributed by atoms with Gasteiger partial charge in [0.25, 0.3) is 5.91 Å². The number of benzene rings is 2. The average molecular weight is 394 g/mol. The quantitative estimate of drug-likeness (QED) is 0.748. The van der Waals surface area contributed by atoms with Gasteiger partial charge in [-0.1, -0.05) is 43.3 Å². The Morgan fingerprint density at radius 1 is 1.07 bits per heavy atom. The van der Waals surface area contributed by atoms with Crippen LogP contribution in [0.2, 0.25) is 0 Å². The molecule has 1 aliphatic heterocycles. The minimum atomic E-state index is -0.0779. The zero-order valence-electron chi connectivity index (χ0n) is 17.6. The Labute approximate surface area is 173 Å². The summed E-state index contributed by atoms with van der Waals surface area (Å²) in [5.74, 6) is 0.138. The van der Waals surface area contributed by atoms with E-state index >= 15 is 0 Å². The lowest BCUT2D eigenvalue weighted by Crippen LogP contribution is -2.34. The number of carbonyl (C=O) groups excluding carboxylic acids is 2. The minimum absolute atomic E-state index is 0.0779. The Morgan fingerprint density at radius 3 is 2.28 bits per heavy atom. The average Bonchev–Trinajstić information content (AvgIpc) is 3.13. The van der Waals surface area contributed by atoms with Crippen LogP contribution in [0.4, 0.5) is 0 Å². The number of rotatable bonds is 8. The SMILES string of the molecule is CCc1ccc([C@@H](CNC(=O)c2ccc(CN3CCCC3=O)cc2)N(C)C)cc1. The fourth-order valence-corrected chi connectivity index (χ4v) is 3.72. The van der Waals surface area contributed by atoms with Crippen LogP contribution in [0.3, 0.4) is 0 Å². The van der Waals surface area contributed by atoms with E-state index in [9.17, 15) is 9.59 Å². The standard InChI is InChI=1S/C24H31N3O2/c1-4-18-7-11-20(12-8-18)22(26(2)3)16-25-24(29)21-13-9-19(10-14-21)17-27-15-5-6-23(27)28/h7-14,22H,4-6,15-17H2,1-3H3,(H,25,29)/t22-/m1/s1. The fourth-order valence-electron chi connectivity index (χ4n) is 3.72. The monoisotopic (exact) mass is 393 g/mol. The summed E-state index contributed by atoms with van der Waals surface area (Å²) in [6.45, 7) is 4.14. The third-order valence-electron chi connectivity index (χ3n) is 5.61. The molecular formula is C24H31N3O2. The second kappa shape index (κ2) is 9.70. The van der Waals surface area contributed by atoms with Crippen LogP contribution in [0.15, 0.2) is 48.5 Å². The predicted molar refractivity (Wildman–Crippen MR) is 116 cm³/mol. The van der Waals surface area contributed by atoms with Crippen molar-refractivity contribution in [3.8, 4) is 0 Å². The molecule has 3 rings (SSSR count). The van der Waals surface area contributed by atoms with E-state index in [-0.39, 0.29) is 17.9 Å². The van der Waals surface area contributed by atoms with Gasteiger partial charge in [-0.05, 0) is 55.8 Å². The highest BCUT2D eigenvalue weighted by Gasteiger charge is 2.20. The number of aryl methyl sites for hydroxylation is 1. The number of carbonyl (C=O) groups is 2. The molecule has 1 aliphatic rings.